The van der Waals surface area contributed by atoms with Crippen LogP contribution in [0.1, 0.15) is 38.4 Å². The second kappa shape index (κ2) is 10.1. The van der Waals surface area contributed by atoms with Crippen molar-refractivity contribution >= 4 is 16.9 Å². The lowest BCUT2D eigenvalue weighted by Gasteiger charge is -2.13. The Kier molecular flexibility index (Phi) is 7.00. The van der Waals surface area contributed by atoms with Gasteiger partial charge in [0.15, 0.2) is 17.3 Å². The summed E-state index contributed by atoms with van der Waals surface area (Å²) in [4.78, 5) is 9.24. The maximum absolute atomic E-state index is 10.1. The third-order valence-electron chi connectivity index (χ3n) is 5.33. The second-order valence-corrected chi connectivity index (χ2v) is 8.76. The number of aryl methyl sites for hydroxylation is 2. The van der Waals surface area contributed by atoms with Crippen LogP contribution in [0.25, 0.3) is 22.6 Å². The molecule has 0 amide bonds. The van der Waals surface area contributed by atoms with Crippen molar-refractivity contribution < 1.29 is 14.5 Å². The smallest absolute Gasteiger partial charge is 0.216 e. The van der Waals surface area contributed by atoms with Crippen LogP contribution in [0, 0.1) is 11.8 Å². The molecule has 4 rings (SSSR count). The SMILES string of the molecule is CCn1c(-c2nonc2N)nc2c(C#CC(C)(C)O)nc(OC[C@@H](N)CCc3ccccc3)cc21. The summed E-state index contributed by atoms with van der Waals surface area (Å²) in [6.45, 7) is 6.02. The number of nitrogens with two attached hydrogens (primary N) is 2. The average Bonchev–Trinajstić information content (AvgIpc) is 3.42. The number of benzene rings is 1. The molecule has 0 fully saturated rings. The first-order valence-electron chi connectivity index (χ1n) is 11.4. The number of aliphatic hydroxyl groups is 1. The Hall–Kier alpha value is -3.94. The minimum atomic E-state index is -1.21. The van der Waals surface area contributed by atoms with Gasteiger partial charge in [0.2, 0.25) is 5.88 Å². The predicted molar refractivity (Wildman–Crippen MR) is 132 cm³/mol. The average molecular weight is 476 g/mol. The maximum atomic E-state index is 10.1. The number of nitrogens with zero attached hydrogens (tertiary/aromatic N) is 5. The lowest BCUT2D eigenvalue weighted by molar-refractivity contribution is 0.143. The van der Waals surface area contributed by atoms with Crippen LogP contribution in [0.15, 0.2) is 41.0 Å². The third kappa shape index (κ3) is 5.77. The van der Waals surface area contributed by atoms with Gasteiger partial charge in [-0.25, -0.2) is 14.6 Å². The topological polar surface area (TPSA) is 151 Å². The van der Waals surface area contributed by atoms with Gasteiger partial charge < -0.3 is 25.9 Å². The van der Waals surface area contributed by atoms with Crippen molar-refractivity contribution in [3.8, 4) is 29.2 Å². The van der Waals surface area contributed by atoms with Crippen molar-refractivity contribution in [1.29, 1.82) is 0 Å². The number of nitrogen functional groups attached to an aromatic ring is 1. The van der Waals surface area contributed by atoms with Crippen LogP contribution in [0.5, 0.6) is 5.88 Å². The zero-order valence-electron chi connectivity index (χ0n) is 20.0. The number of ether oxygens (including phenoxy) is 1. The van der Waals surface area contributed by atoms with E-state index in [0.29, 0.717) is 35.2 Å². The van der Waals surface area contributed by atoms with Crippen molar-refractivity contribution in [2.75, 3.05) is 12.3 Å². The van der Waals surface area contributed by atoms with E-state index >= 15 is 0 Å². The van der Waals surface area contributed by atoms with E-state index in [1.54, 1.807) is 19.9 Å². The fourth-order valence-corrected chi connectivity index (χ4v) is 3.60. The molecule has 3 heterocycles. The van der Waals surface area contributed by atoms with Gasteiger partial charge in [-0.1, -0.05) is 36.3 Å². The summed E-state index contributed by atoms with van der Waals surface area (Å²) < 4.78 is 12.7. The largest absolute Gasteiger partial charge is 0.476 e. The minimum absolute atomic E-state index is 0.132. The molecule has 0 aliphatic rings. The normalized spacial score (nSPS) is 12.4. The summed E-state index contributed by atoms with van der Waals surface area (Å²) in [7, 11) is 0. The Morgan fingerprint density at radius 1 is 1.20 bits per heavy atom. The molecule has 0 saturated carbocycles. The molecule has 0 saturated heterocycles. The molecule has 4 aromatic rings. The van der Waals surface area contributed by atoms with E-state index in [1.165, 1.54) is 5.56 Å². The standard InChI is InChI=1S/C25H29N7O3/c1-4-32-19-14-20(34-15-17(26)11-10-16-8-6-5-7-9-16)28-18(12-13-25(2,3)33)21(19)29-24(32)22-23(27)31-35-30-22/h5-9,14,17,33H,4,10-11,15,26H2,1-3H3,(H2,27,31)/t17-/m0/s1. The Balaban J connectivity index is 1.65. The molecule has 0 aliphatic carbocycles. The van der Waals surface area contributed by atoms with Gasteiger partial charge in [-0.05, 0) is 55.4 Å². The molecule has 1 atom stereocenters. The monoisotopic (exact) mass is 475 g/mol. The van der Waals surface area contributed by atoms with Crippen LogP contribution >= 0.6 is 0 Å². The molecular weight excluding hydrogens is 446 g/mol. The third-order valence-corrected chi connectivity index (χ3v) is 5.33. The summed E-state index contributed by atoms with van der Waals surface area (Å²) in [5.41, 5.74) is 14.2. The zero-order chi connectivity index (χ0) is 25.0. The first-order chi connectivity index (χ1) is 16.7. The molecule has 3 aromatic heterocycles. The molecule has 10 nitrogen and oxygen atoms in total. The second-order valence-electron chi connectivity index (χ2n) is 8.76. The van der Waals surface area contributed by atoms with Crippen LogP contribution in [0.2, 0.25) is 0 Å². The van der Waals surface area contributed by atoms with Crippen LogP contribution in [0.3, 0.4) is 0 Å². The molecular formula is C25H29N7O3. The molecule has 0 radical (unpaired) electrons. The lowest BCUT2D eigenvalue weighted by atomic mass is 10.1. The molecule has 0 unspecified atom stereocenters. The molecule has 182 valence electrons. The number of anilines is 1. The Morgan fingerprint density at radius 3 is 2.63 bits per heavy atom. The van der Waals surface area contributed by atoms with E-state index in [-0.39, 0.29) is 18.5 Å². The molecule has 5 N–H and O–H groups in total. The van der Waals surface area contributed by atoms with Crippen molar-refractivity contribution in [2.24, 2.45) is 5.73 Å². The first-order valence-corrected chi connectivity index (χ1v) is 11.4. The number of aromatic nitrogens is 5. The van der Waals surface area contributed by atoms with Gasteiger partial charge in [0, 0.05) is 18.7 Å². The van der Waals surface area contributed by atoms with Crippen molar-refractivity contribution in [2.45, 2.75) is 51.8 Å². The number of pyridine rings is 1. The molecule has 0 aliphatic heterocycles. The number of hydrogen-bond acceptors (Lipinski definition) is 9. The lowest BCUT2D eigenvalue weighted by Crippen LogP contribution is -2.28. The number of rotatable bonds is 8. The Labute approximate surface area is 203 Å². The van der Waals surface area contributed by atoms with Crippen molar-refractivity contribution in [1.82, 2.24) is 24.8 Å². The van der Waals surface area contributed by atoms with E-state index < -0.39 is 5.60 Å². The summed E-state index contributed by atoms with van der Waals surface area (Å²) in [6, 6.07) is 11.8. The highest BCUT2D eigenvalue weighted by Gasteiger charge is 2.22. The van der Waals surface area contributed by atoms with E-state index in [9.17, 15) is 5.11 Å². The van der Waals surface area contributed by atoms with E-state index in [1.807, 2.05) is 29.7 Å². The molecule has 1 aromatic carbocycles. The summed E-state index contributed by atoms with van der Waals surface area (Å²) in [5, 5.41) is 17.7. The van der Waals surface area contributed by atoms with Crippen LogP contribution in [-0.4, -0.2) is 48.2 Å². The van der Waals surface area contributed by atoms with Gasteiger partial charge >= 0.3 is 0 Å². The van der Waals surface area contributed by atoms with Crippen LogP contribution < -0.4 is 16.2 Å². The molecule has 0 spiro atoms. The van der Waals surface area contributed by atoms with Crippen LogP contribution in [0.4, 0.5) is 5.82 Å². The number of fused-ring (bicyclic) bond motifs is 1. The van der Waals surface area contributed by atoms with Gasteiger partial charge in [0.05, 0.1) is 5.52 Å². The fraction of sp³-hybridized carbons (Fsp3) is 0.360. The predicted octanol–water partition coefficient (Wildman–Crippen LogP) is 2.54. The molecule has 0 bridgehead atoms. The van der Waals surface area contributed by atoms with Crippen molar-refractivity contribution in [3.63, 3.8) is 0 Å². The van der Waals surface area contributed by atoms with Gasteiger partial charge in [0.1, 0.15) is 23.4 Å². The van der Waals surface area contributed by atoms with Gasteiger partial charge in [-0.2, -0.15) is 0 Å². The van der Waals surface area contributed by atoms with Gasteiger partial charge in [0.25, 0.3) is 0 Å². The van der Waals surface area contributed by atoms with Crippen LogP contribution in [-0.2, 0) is 13.0 Å². The highest BCUT2D eigenvalue weighted by molar-refractivity contribution is 5.86. The zero-order valence-corrected chi connectivity index (χ0v) is 20.0. The van der Waals surface area contributed by atoms with E-state index in [2.05, 4.69) is 44.3 Å². The molecule has 10 heteroatoms. The number of imidazole rings is 1. The van der Waals surface area contributed by atoms with Gasteiger partial charge in [-0.3, -0.25) is 0 Å². The van der Waals surface area contributed by atoms with Crippen molar-refractivity contribution in [3.05, 3.63) is 47.7 Å². The highest BCUT2D eigenvalue weighted by Crippen LogP contribution is 2.30. The van der Waals surface area contributed by atoms with E-state index in [4.69, 9.17) is 20.8 Å². The highest BCUT2D eigenvalue weighted by atomic mass is 16.6. The Morgan fingerprint density at radius 2 is 1.97 bits per heavy atom. The quantitative estimate of drug-likeness (QED) is 0.326. The first kappa shape index (κ1) is 24.2. The van der Waals surface area contributed by atoms with Gasteiger partial charge in [-0.15, -0.1) is 0 Å². The summed E-state index contributed by atoms with van der Waals surface area (Å²) in [6.07, 6.45) is 1.63. The summed E-state index contributed by atoms with van der Waals surface area (Å²) in [5.74, 6) is 6.71. The number of hydrogen-bond donors (Lipinski definition) is 3. The summed E-state index contributed by atoms with van der Waals surface area (Å²) >= 11 is 0. The fourth-order valence-electron chi connectivity index (χ4n) is 3.60. The Bertz CT molecular complexity index is 1360. The molecule has 35 heavy (non-hydrogen) atoms. The maximum Gasteiger partial charge on any atom is 0.216 e. The van der Waals surface area contributed by atoms with E-state index in [0.717, 1.165) is 18.4 Å². The minimum Gasteiger partial charge on any atom is -0.476 e.